The van der Waals surface area contributed by atoms with Gasteiger partial charge in [-0.2, -0.15) is 0 Å². The molecule has 0 saturated heterocycles. The van der Waals surface area contributed by atoms with Crippen molar-refractivity contribution < 1.29 is 14.7 Å². The molecule has 1 aliphatic rings. The smallest absolute Gasteiger partial charge is 0.326 e. The van der Waals surface area contributed by atoms with E-state index in [1.807, 2.05) is 19.1 Å². The molecule has 0 unspecified atom stereocenters. The summed E-state index contributed by atoms with van der Waals surface area (Å²) in [6.45, 7) is 1.89. The maximum absolute atomic E-state index is 11.9. The zero-order chi connectivity index (χ0) is 14.5. The number of amides is 2. The number of hydrogen-bond acceptors (Lipinski definition) is 2. The summed E-state index contributed by atoms with van der Waals surface area (Å²) >= 11 is 0. The maximum Gasteiger partial charge on any atom is 0.326 e. The zero-order valence-corrected chi connectivity index (χ0v) is 11.6. The summed E-state index contributed by atoms with van der Waals surface area (Å²) in [6.07, 6.45) is 2.75. The Labute approximate surface area is 118 Å². The molecule has 0 aliphatic heterocycles. The topological polar surface area (TPSA) is 78.4 Å². The van der Waals surface area contributed by atoms with Crippen molar-refractivity contribution in [2.75, 3.05) is 0 Å². The first-order valence-electron chi connectivity index (χ1n) is 6.96. The van der Waals surface area contributed by atoms with E-state index in [0.717, 1.165) is 12.8 Å². The molecule has 0 saturated carbocycles. The molecule has 0 radical (unpaired) electrons. The van der Waals surface area contributed by atoms with Gasteiger partial charge in [0.1, 0.15) is 6.04 Å². The molecule has 108 valence electrons. The van der Waals surface area contributed by atoms with Gasteiger partial charge >= 0.3 is 12.0 Å². The lowest BCUT2D eigenvalue weighted by atomic mass is 10.1. The summed E-state index contributed by atoms with van der Waals surface area (Å²) in [5.41, 5.74) is 2.50. The summed E-state index contributed by atoms with van der Waals surface area (Å²) in [6, 6.07) is 6.93. The van der Waals surface area contributed by atoms with Gasteiger partial charge in [-0.15, -0.1) is 0 Å². The molecule has 20 heavy (non-hydrogen) atoms. The van der Waals surface area contributed by atoms with Crippen LogP contribution in [0.1, 0.15) is 30.9 Å². The van der Waals surface area contributed by atoms with Crippen LogP contribution in [0.3, 0.4) is 0 Å². The number of carbonyl (C=O) groups is 2. The van der Waals surface area contributed by atoms with Crippen LogP contribution >= 0.6 is 0 Å². The van der Waals surface area contributed by atoms with Gasteiger partial charge in [-0.1, -0.05) is 37.6 Å². The van der Waals surface area contributed by atoms with Crippen LogP contribution < -0.4 is 10.6 Å². The molecule has 1 aromatic carbocycles. The lowest BCUT2D eigenvalue weighted by Gasteiger charge is -2.17. The molecule has 5 nitrogen and oxygen atoms in total. The highest BCUT2D eigenvalue weighted by Crippen LogP contribution is 2.21. The summed E-state index contributed by atoms with van der Waals surface area (Å²) in [7, 11) is 0. The molecule has 1 aromatic rings. The van der Waals surface area contributed by atoms with Crippen molar-refractivity contribution in [2.45, 2.75) is 44.7 Å². The monoisotopic (exact) mass is 276 g/mol. The second-order valence-corrected chi connectivity index (χ2v) is 5.17. The number of benzene rings is 1. The van der Waals surface area contributed by atoms with Gasteiger partial charge in [0.25, 0.3) is 0 Å². The maximum atomic E-state index is 11.9. The third-order valence-corrected chi connectivity index (χ3v) is 3.57. The minimum Gasteiger partial charge on any atom is -0.480 e. The third-order valence-electron chi connectivity index (χ3n) is 3.57. The quantitative estimate of drug-likeness (QED) is 0.766. The van der Waals surface area contributed by atoms with Crippen molar-refractivity contribution in [2.24, 2.45) is 0 Å². The Morgan fingerprint density at radius 3 is 2.40 bits per heavy atom. The van der Waals surface area contributed by atoms with E-state index >= 15 is 0 Å². The van der Waals surface area contributed by atoms with Gasteiger partial charge in [-0.3, -0.25) is 0 Å². The van der Waals surface area contributed by atoms with E-state index in [-0.39, 0.29) is 6.04 Å². The summed E-state index contributed by atoms with van der Waals surface area (Å²) in [5.74, 6) is -0.989. The third kappa shape index (κ3) is 3.50. The Balaban J connectivity index is 1.86. The first kappa shape index (κ1) is 14.4. The first-order chi connectivity index (χ1) is 9.60. The van der Waals surface area contributed by atoms with Crippen molar-refractivity contribution in [1.82, 2.24) is 10.6 Å². The van der Waals surface area contributed by atoms with Crippen LogP contribution in [-0.2, 0) is 17.6 Å². The molecule has 3 N–H and O–H groups in total. The largest absolute Gasteiger partial charge is 0.480 e. The van der Waals surface area contributed by atoms with Crippen LogP contribution in [0.2, 0.25) is 0 Å². The highest BCUT2D eigenvalue weighted by Gasteiger charge is 2.24. The highest BCUT2D eigenvalue weighted by molar-refractivity contribution is 5.82. The number of carboxylic acids is 1. The number of fused-ring (bicyclic) bond motifs is 1. The van der Waals surface area contributed by atoms with E-state index in [9.17, 15) is 9.59 Å². The fourth-order valence-corrected chi connectivity index (χ4v) is 2.59. The van der Waals surface area contributed by atoms with Gasteiger partial charge in [0, 0.05) is 6.04 Å². The van der Waals surface area contributed by atoms with Crippen molar-refractivity contribution in [3.8, 4) is 0 Å². The summed E-state index contributed by atoms with van der Waals surface area (Å²) in [4.78, 5) is 22.9. The van der Waals surface area contributed by atoms with Crippen molar-refractivity contribution >= 4 is 12.0 Å². The van der Waals surface area contributed by atoms with Crippen LogP contribution in [0.25, 0.3) is 0 Å². The number of hydrogen-bond donors (Lipinski definition) is 3. The first-order valence-corrected chi connectivity index (χ1v) is 6.96. The molecule has 0 bridgehead atoms. The number of aliphatic carboxylic acids is 1. The molecule has 1 atom stereocenters. The Morgan fingerprint density at radius 1 is 1.30 bits per heavy atom. The number of carboxylic acid groups (broad SMARTS) is 1. The molecule has 0 spiro atoms. The van der Waals surface area contributed by atoms with Gasteiger partial charge in [0.05, 0.1) is 0 Å². The minimum atomic E-state index is -0.989. The van der Waals surface area contributed by atoms with Gasteiger partial charge < -0.3 is 15.7 Å². The van der Waals surface area contributed by atoms with E-state index in [1.165, 1.54) is 11.1 Å². The van der Waals surface area contributed by atoms with Gasteiger partial charge in [0.15, 0.2) is 0 Å². The molecule has 5 heteroatoms. The Morgan fingerprint density at radius 2 is 1.90 bits per heavy atom. The fraction of sp³-hybridized carbons (Fsp3) is 0.467. The van der Waals surface area contributed by atoms with Crippen LogP contribution in [0.4, 0.5) is 4.79 Å². The number of urea groups is 1. The van der Waals surface area contributed by atoms with Gasteiger partial charge in [-0.25, -0.2) is 9.59 Å². The Bertz CT molecular complexity index is 477. The molecular formula is C15H20N2O3. The molecule has 1 aliphatic carbocycles. The lowest BCUT2D eigenvalue weighted by Crippen LogP contribution is -2.49. The predicted molar refractivity (Wildman–Crippen MR) is 75.6 cm³/mol. The second-order valence-electron chi connectivity index (χ2n) is 5.17. The SMILES string of the molecule is CCC[C@H](NC(=O)NC1Cc2ccccc2C1)C(=O)O. The van der Waals surface area contributed by atoms with E-state index in [2.05, 4.69) is 22.8 Å². The van der Waals surface area contributed by atoms with E-state index in [0.29, 0.717) is 12.8 Å². The van der Waals surface area contributed by atoms with Gasteiger partial charge in [0.2, 0.25) is 0 Å². The Hall–Kier alpha value is -2.04. The predicted octanol–water partition coefficient (Wildman–Crippen LogP) is 1.71. The fourth-order valence-electron chi connectivity index (χ4n) is 2.59. The van der Waals surface area contributed by atoms with Crippen LogP contribution in [0, 0.1) is 0 Å². The number of carbonyl (C=O) groups excluding carboxylic acids is 1. The molecule has 2 rings (SSSR count). The van der Waals surface area contributed by atoms with E-state index in [1.54, 1.807) is 0 Å². The van der Waals surface area contributed by atoms with Crippen molar-refractivity contribution in [3.05, 3.63) is 35.4 Å². The summed E-state index contributed by atoms with van der Waals surface area (Å²) < 4.78 is 0. The number of nitrogens with one attached hydrogen (secondary N) is 2. The normalized spacial score (nSPS) is 15.4. The zero-order valence-electron chi connectivity index (χ0n) is 11.6. The second kappa shape index (κ2) is 6.41. The average molecular weight is 276 g/mol. The van der Waals surface area contributed by atoms with E-state index in [4.69, 9.17) is 5.11 Å². The Kier molecular flexibility index (Phi) is 4.61. The van der Waals surface area contributed by atoms with Crippen molar-refractivity contribution in [3.63, 3.8) is 0 Å². The molecule has 0 fully saturated rings. The molecular weight excluding hydrogens is 256 g/mol. The lowest BCUT2D eigenvalue weighted by molar-refractivity contribution is -0.139. The minimum absolute atomic E-state index is 0.0449. The van der Waals surface area contributed by atoms with Crippen LogP contribution in [0.15, 0.2) is 24.3 Å². The molecule has 2 amide bonds. The van der Waals surface area contributed by atoms with Gasteiger partial charge in [-0.05, 0) is 30.4 Å². The highest BCUT2D eigenvalue weighted by atomic mass is 16.4. The standard InChI is InChI=1S/C15H20N2O3/c1-2-5-13(14(18)19)17-15(20)16-12-8-10-6-3-4-7-11(10)9-12/h3-4,6-7,12-13H,2,5,8-9H2,1H3,(H,18,19)(H2,16,17,20)/t13-/m0/s1. The number of rotatable bonds is 5. The van der Waals surface area contributed by atoms with Crippen LogP contribution in [-0.4, -0.2) is 29.2 Å². The molecule has 0 heterocycles. The average Bonchev–Trinajstić information content (AvgIpc) is 2.79. The summed E-state index contributed by atoms with van der Waals surface area (Å²) in [5, 5.41) is 14.4. The molecule has 0 aromatic heterocycles. The van der Waals surface area contributed by atoms with Crippen LogP contribution in [0.5, 0.6) is 0 Å². The van der Waals surface area contributed by atoms with E-state index < -0.39 is 18.0 Å². The van der Waals surface area contributed by atoms with Crippen molar-refractivity contribution in [1.29, 1.82) is 0 Å².